The number of nitrogens with zero attached hydrogens (tertiary/aromatic N) is 6. The number of fused-ring (bicyclic) bond motifs is 1. The molecule has 4 aromatic rings. The fourth-order valence-electron chi connectivity index (χ4n) is 7.14. The first-order chi connectivity index (χ1) is 25.7. The summed E-state index contributed by atoms with van der Waals surface area (Å²) in [6, 6.07) is 16.7. The molecule has 6 rings (SSSR count). The summed E-state index contributed by atoms with van der Waals surface area (Å²) < 4.78 is 5.12. The Bertz CT molecular complexity index is 1960. The number of benzene rings is 2. The SMILES string of the molecule is COCN(C=O)C(C(=O)N1CCCC1C(=O)Nc1ccc2cc(-c3cnc(NC(=O)C4CCCN4C(=O)Cc4ccccc4)nc3)ccc2n1)C(C)C. The number of hydrogen-bond donors (Lipinski definition) is 2. The molecule has 14 heteroatoms. The summed E-state index contributed by atoms with van der Waals surface area (Å²) in [7, 11) is 1.46. The molecule has 2 saturated heterocycles. The maximum atomic E-state index is 13.6. The van der Waals surface area contributed by atoms with Crippen LogP contribution in [0.25, 0.3) is 22.0 Å². The van der Waals surface area contributed by atoms with Crippen molar-refractivity contribution in [1.82, 2.24) is 29.7 Å². The second-order valence-electron chi connectivity index (χ2n) is 13.7. The van der Waals surface area contributed by atoms with Gasteiger partial charge in [0.2, 0.25) is 36.0 Å². The van der Waals surface area contributed by atoms with E-state index in [0.717, 1.165) is 28.5 Å². The maximum absolute atomic E-state index is 13.6. The summed E-state index contributed by atoms with van der Waals surface area (Å²) in [5.74, 6) is -0.685. The van der Waals surface area contributed by atoms with Crippen LogP contribution in [0, 0.1) is 5.92 Å². The van der Waals surface area contributed by atoms with Gasteiger partial charge in [0.05, 0.1) is 11.9 Å². The van der Waals surface area contributed by atoms with Crippen LogP contribution in [0.5, 0.6) is 0 Å². The van der Waals surface area contributed by atoms with Crippen LogP contribution in [0.4, 0.5) is 11.8 Å². The Morgan fingerprint density at radius 1 is 0.887 bits per heavy atom. The lowest BCUT2D eigenvalue weighted by Crippen LogP contribution is -2.54. The number of pyridine rings is 1. The van der Waals surface area contributed by atoms with Gasteiger partial charge in [0.15, 0.2) is 0 Å². The molecule has 276 valence electrons. The number of nitrogens with one attached hydrogen (secondary N) is 2. The van der Waals surface area contributed by atoms with Gasteiger partial charge in [-0.05, 0) is 67.0 Å². The number of hydrogen-bond acceptors (Lipinski definition) is 9. The van der Waals surface area contributed by atoms with E-state index in [0.29, 0.717) is 50.1 Å². The number of methoxy groups -OCH3 is 1. The lowest BCUT2D eigenvalue weighted by atomic mass is 10.0. The van der Waals surface area contributed by atoms with Gasteiger partial charge in [0.1, 0.15) is 30.7 Å². The molecule has 4 heterocycles. The molecule has 5 amide bonds. The number of anilines is 2. The Kier molecular flexibility index (Phi) is 11.7. The molecule has 2 fully saturated rings. The van der Waals surface area contributed by atoms with Crippen molar-refractivity contribution in [2.75, 3.05) is 37.6 Å². The van der Waals surface area contributed by atoms with Crippen molar-refractivity contribution in [3.63, 3.8) is 0 Å². The standard InChI is InChI=1S/C39H44N8O6/c1-25(2)35(45(23-48)24-53-3)38(52)47-18-8-12-32(47)36(50)43-33-16-14-28-20-27(13-15-30(28)42-33)29-21-40-39(41-22-29)44-37(51)31-11-7-17-46(31)34(49)19-26-9-5-4-6-10-26/h4-6,9-10,13-16,20-23,25,31-32,35H,7-8,11-12,17-19,24H2,1-3H3,(H,42,43,50)(H,40,41,44,51). The monoisotopic (exact) mass is 720 g/mol. The number of ether oxygens (including phenoxy) is 1. The van der Waals surface area contributed by atoms with Crippen molar-refractivity contribution in [3.8, 4) is 11.1 Å². The van der Waals surface area contributed by atoms with Crippen LogP contribution in [0.3, 0.4) is 0 Å². The van der Waals surface area contributed by atoms with Crippen LogP contribution >= 0.6 is 0 Å². The van der Waals surface area contributed by atoms with Crippen molar-refractivity contribution in [3.05, 3.63) is 78.6 Å². The smallest absolute Gasteiger partial charge is 0.249 e. The van der Waals surface area contributed by atoms with E-state index >= 15 is 0 Å². The summed E-state index contributed by atoms with van der Waals surface area (Å²) in [5.41, 5.74) is 3.12. The Balaban J connectivity index is 1.07. The van der Waals surface area contributed by atoms with Gasteiger partial charge in [-0.2, -0.15) is 0 Å². The third kappa shape index (κ3) is 8.49. The zero-order valence-corrected chi connectivity index (χ0v) is 30.1. The van der Waals surface area contributed by atoms with Crippen LogP contribution in [0.2, 0.25) is 0 Å². The third-order valence-corrected chi connectivity index (χ3v) is 9.73. The van der Waals surface area contributed by atoms with E-state index in [2.05, 4.69) is 25.6 Å². The van der Waals surface area contributed by atoms with E-state index in [1.165, 1.54) is 12.0 Å². The van der Waals surface area contributed by atoms with Crippen molar-refractivity contribution in [2.45, 2.75) is 64.1 Å². The third-order valence-electron chi connectivity index (χ3n) is 9.73. The molecule has 14 nitrogen and oxygen atoms in total. The number of carbonyl (C=O) groups excluding carboxylic acids is 5. The molecule has 2 N–H and O–H groups in total. The van der Waals surface area contributed by atoms with Gasteiger partial charge in [-0.25, -0.2) is 15.0 Å². The maximum Gasteiger partial charge on any atom is 0.249 e. The first-order valence-corrected chi connectivity index (χ1v) is 17.9. The molecule has 0 saturated carbocycles. The molecule has 2 aromatic heterocycles. The molecule has 0 aliphatic carbocycles. The molecule has 53 heavy (non-hydrogen) atoms. The average Bonchev–Trinajstić information content (AvgIpc) is 3.86. The van der Waals surface area contributed by atoms with E-state index in [-0.39, 0.29) is 48.6 Å². The Labute approximate surface area is 307 Å². The molecular formula is C39H44N8O6. The number of rotatable bonds is 13. The Morgan fingerprint density at radius 3 is 2.25 bits per heavy atom. The number of carbonyl (C=O) groups is 5. The minimum atomic E-state index is -0.751. The van der Waals surface area contributed by atoms with Crippen LogP contribution in [-0.2, 0) is 35.1 Å². The van der Waals surface area contributed by atoms with Gasteiger partial charge in [-0.15, -0.1) is 0 Å². The summed E-state index contributed by atoms with van der Waals surface area (Å²) in [4.78, 5) is 82.8. The van der Waals surface area contributed by atoms with Crippen LogP contribution < -0.4 is 10.6 Å². The highest BCUT2D eigenvalue weighted by atomic mass is 16.5. The molecule has 0 bridgehead atoms. The molecule has 3 unspecified atom stereocenters. The molecule has 0 spiro atoms. The number of amides is 5. The van der Waals surface area contributed by atoms with Crippen LogP contribution in [0.1, 0.15) is 45.1 Å². The lowest BCUT2D eigenvalue weighted by Gasteiger charge is -2.34. The summed E-state index contributed by atoms with van der Waals surface area (Å²) in [6.07, 6.45) is 6.60. The minimum Gasteiger partial charge on any atom is -0.364 e. The van der Waals surface area contributed by atoms with Gasteiger partial charge in [0, 0.05) is 43.5 Å². The lowest BCUT2D eigenvalue weighted by molar-refractivity contribution is -0.148. The molecule has 2 aliphatic heterocycles. The highest BCUT2D eigenvalue weighted by molar-refractivity contribution is 5.99. The first kappa shape index (κ1) is 37.0. The second-order valence-corrected chi connectivity index (χ2v) is 13.7. The Morgan fingerprint density at radius 2 is 1.57 bits per heavy atom. The average molecular weight is 721 g/mol. The molecule has 2 aromatic carbocycles. The highest BCUT2D eigenvalue weighted by Gasteiger charge is 2.40. The van der Waals surface area contributed by atoms with E-state index in [1.807, 2.05) is 68.4 Å². The largest absolute Gasteiger partial charge is 0.364 e. The molecule has 0 radical (unpaired) electrons. The van der Waals surface area contributed by atoms with E-state index in [9.17, 15) is 24.0 Å². The fourth-order valence-corrected chi connectivity index (χ4v) is 7.14. The topological polar surface area (TPSA) is 167 Å². The van der Waals surface area contributed by atoms with Crippen molar-refractivity contribution in [2.24, 2.45) is 5.92 Å². The number of aromatic nitrogens is 3. The van der Waals surface area contributed by atoms with Crippen molar-refractivity contribution < 1.29 is 28.7 Å². The summed E-state index contributed by atoms with van der Waals surface area (Å²) in [6.45, 7) is 4.64. The minimum absolute atomic E-state index is 0.0261. The van der Waals surface area contributed by atoms with Gasteiger partial charge in [-0.1, -0.05) is 50.2 Å². The molecule has 3 atom stereocenters. The molecular weight excluding hydrogens is 676 g/mol. The van der Waals surface area contributed by atoms with Crippen LogP contribution in [-0.4, -0.2) is 105 Å². The zero-order chi connectivity index (χ0) is 37.5. The summed E-state index contributed by atoms with van der Waals surface area (Å²) >= 11 is 0. The normalized spacial score (nSPS) is 17.5. The van der Waals surface area contributed by atoms with Crippen LogP contribution in [0.15, 0.2) is 73.1 Å². The predicted molar refractivity (Wildman–Crippen MR) is 198 cm³/mol. The van der Waals surface area contributed by atoms with Gasteiger partial charge < -0.3 is 24.8 Å². The molecule has 2 aliphatic rings. The Hall–Kier alpha value is -5.76. The number of likely N-dealkylation sites (tertiary alicyclic amines) is 2. The van der Waals surface area contributed by atoms with E-state index in [4.69, 9.17) is 4.74 Å². The van der Waals surface area contributed by atoms with Gasteiger partial charge in [0.25, 0.3) is 0 Å². The summed E-state index contributed by atoms with van der Waals surface area (Å²) in [5, 5.41) is 6.47. The quantitative estimate of drug-likeness (QED) is 0.154. The highest BCUT2D eigenvalue weighted by Crippen LogP contribution is 2.27. The van der Waals surface area contributed by atoms with Crippen molar-refractivity contribution in [1.29, 1.82) is 0 Å². The van der Waals surface area contributed by atoms with Crippen molar-refractivity contribution >= 4 is 52.7 Å². The van der Waals surface area contributed by atoms with E-state index in [1.54, 1.807) is 28.3 Å². The predicted octanol–water partition coefficient (Wildman–Crippen LogP) is 3.88. The van der Waals surface area contributed by atoms with E-state index < -0.39 is 18.1 Å². The second kappa shape index (κ2) is 16.7. The fraction of sp³-hybridized carbons (Fsp3) is 0.385. The van der Waals surface area contributed by atoms with Gasteiger partial charge in [-0.3, -0.25) is 29.3 Å². The van der Waals surface area contributed by atoms with Gasteiger partial charge >= 0.3 is 0 Å². The first-order valence-electron chi connectivity index (χ1n) is 17.9. The zero-order valence-electron chi connectivity index (χ0n) is 30.1.